The molecule has 0 unspecified atom stereocenters. The standard InChI is InChI=1S/C12H17N3O2/c1-4-16-12(17-5-2)11-14-9-7-6-8(3)13-10(9)15-11/h6-7,12H,4-5H2,1-3H3,(H,13,14,15). The van der Waals surface area contributed by atoms with Crippen molar-refractivity contribution in [2.45, 2.75) is 27.1 Å². The van der Waals surface area contributed by atoms with Crippen molar-refractivity contribution in [3.05, 3.63) is 23.7 Å². The summed E-state index contributed by atoms with van der Waals surface area (Å²) < 4.78 is 11.0. The number of aromatic amines is 1. The van der Waals surface area contributed by atoms with Crippen LogP contribution in [0, 0.1) is 6.92 Å². The highest BCUT2D eigenvalue weighted by Gasteiger charge is 2.16. The van der Waals surface area contributed by atoms with Gasteiger partial charge in [-0.25, -0.2) is 9.97 Å². The molecule has 17 heavy (non-hydrogen) atoms. The maximum Gasteiger partial charge on any atom is 0.217 e. The molecule has 2 heterocycles. The third-order valence-electron chi connectivity index (χ3n) is 2.36. The molecule has 0 saturated heterocycles. The van der Waals surface area contributed by atoms with E-state index in [1.165, 1.54) is 0 Å². The lowest BCUT2D eigenvalue weighted by atomic mass is 10.4. The minimum atomic E-state index is -0.445. The number of hydrogen-bond donors (Lipinski definition) is 1. The van der Waals surface area contributed by atoms with E-state index >= 15 is 0 Å². The predicted molar refractivity (Wildman–Crippen MR) is 64.6 cm³/mol. The van der Waals surface area contributed by atoms with Gasteiger partial charge in [-0.3, -0.25) is 0 Å². The van der Waals surface area contributed by atoms with Gasteiger partial charge in [0, 0.05) is 18.9 Å². The topological polar surface area (TPSA) is 60.0 Å². The van der Waals surface area contributed by atoms with Crippen LogP contribution in [0.4, 0.5) is 0 Å². The fourth-order valence-electron chi connectivity index (χ4n) is 1.63. The minimum absolute atomic E-state index is 0.445. The second-order valence-electron chi connectivity index (χ2n) is 3.69. The zero-order valence-corrected chi connectivity index (χ0v) is 10.4. The second kappa shape index (κ2) is 5.25. The molecule has 2 rings (SSSR count). The molecule has 0 saturated carbocycles. The monoisotopic (exact) mass is 235 g/mol. The molecule has 92 valence electrons. The van der Waals surface area contributed by atoms with Gasteiger partial charge in [-0.2, -0.15) is 0 Å². The van der Waals surface area contributed by atoms with E-state index in [-0.39, 0.29) is 0 Å². The first kappa shape index (κ1) is 12.0. The van der Waals surface area contributed by atoms with E-state index in [1.807, 2.05) is 32.9 Å². The number of hydrogen-bond acceptors (Lipinski definition) is 4. The van der Waals surface area contributed by atoms with Gasteiger partial charge in [0.05, 0.1) is 5.52 Å². The van der Waals surface area contributed by atoms with E-state index in [4.69, 9.17) is 9.47 Å². The number of rotatable bonds is 5. The van der Waals surface area contributed by atoms with Crippen LogP contribution in [0.25, 0.3) is 11.2 Å². The van der Waals surface area contributed by atoms with Gasteiger partial charge in [0.25, 0.3) is 0 Å². The third-order valence-corrected chi connectivity index (χ3v) is 2.36. The van der Waals surface area contributed by atoms with Gasteiger partial charge < -0.3 is 14.5 Å². The summed E-state index contributed by atoms with van der Waals surface area (Å²) in [5.74, 6) is 0.668. The molecule has 0 fully saturated rings. The molecule has 0 aliphatic carbocycles. The third kappa shape index (κ3) is 2.62. The van der Waals surface area contributed by atoms with Gasteiger partial charge in [0.1, 0.15) is 0 Å². The fraction of sp³-hybridized carbons (Fsp3) is 0.500. The molecule has 5 heteroatoms. The Morgan fingerprint density at radius 2 is 1.88 bits per heavy atom. The van der Waals surface area contributed by atoms with E-state index in [0.717, 1.165) is 11.2 Å². The number of pyridine rings is 1. The number of H-pyrrole nitrogens is 1. The minimum Gasteiger partial charge on any atom is -0.346 e. The SMILES string of the molecule is CCOC(OCC)c1nc2nc(C)ccc2[nH]1. The first-order valence-corrected chi connectivity index (χ1v) is 5.81. The molecule has 0 amide bonds. The summed E-state index contributed by atoms with van der Waals surface area (Å²) in [6.07, 6.45) is -0.445. The first-order valence-electron chi connectivity index (χ1n) is 5.81. The fourth-order valence-corrected chi connectivity index (χ4v) is 1.63. The van der Waals surface area contributed by atoms with Crippen LogP contribution < -0.4 is 0 Å². The summed E-state index contributed by atoms with van der Waals surface area (Å²) in [7, 11) is 0. The van der Waals surface area contributed by atoms with Crippen LogP contribution in [0.15, 0.2) is 12.1 Å². The largest absolute Gasteiger partial charge is 0.346 e. The first-order chi connectivity index (χ1) is 8.24. The molecule has 0 aliphatic heterocycles. The molecule has 2 aromatic rings. The molecule has 0 aromatic carbocycles. The van der Waals surface area contributed by atoms with Crippen molar-refractivity contribution in [3.8, 4) is 0 Å². The molecule has 2 aromatic heterocycles. The number of ether oxygens (including phenoxy) is 2. The van der Waals surface area contributed by atoms with Crippen LogP contribution in [0.5, 0.6) is 0 Å². The van der Waals surface area contributed by atoms with Crippen molar-refractivity contribution < 1.29 is 9.47 Å². The lowest BCUT2D eigenvalue weighted by Crippen LogP contribution is -2.10. The molecule has 5 nitrogen and oxygen atoms in total. The lowest BCUT2D eigenvalue weighted by molar-refractivity contribution is -0.144. The Bertz CT molecular complexity index is 489. The highest BCUT2D eigenvalue weighted by atomic mass is 16.7. The van der Waals surface area contributed by atoms with Crippen molar-refractivity contribution >= 4 is 11.2 Å². The molecule has 0 radical (unpaired) electrons. The molecular formula is C12H17N3O2. The normalized spacial score (nSPS) is 11.5. The van der Waals surface area contributed by atoms with Gasteiger partial charge >= 0.3 is 0 Å². The molecule has 0 atom stereocenters. The average molecular weight is 235 g/mol. The van der Waals surface area contributed by atoms with E-state index in [2.05, 4.69) is 15.0 Å². The summed E-state index contributed by atoms with van der Waals surface area (Å²) in [6.45, 7) is 6.95. The predicted octanol–water partition coefficient (Wildman–Crippen LogP) is 2.34. The Morgan fingerprint density at radius 1 is 1.18 bits per heavy atom. The summed E-state index contributed by atoms with van der Waals surface area (Å²) in [4.78, 5) is 11.9. The highest BCUT2D eigenvalue weighted by Crippen LogP contribution is 2.19. The van der Waals surface area contributed by atoms with Gasteiger partial charge in [0.15, 0.2) is 11.5 Å². The Morgan fingerprint density at radius 3 is 2.53 bits per heavy atom. The lowest BCUT2D eigenvalue weighted by Gasteiger charge is -2.13. The van der Waals surface area contributed by atoms with Crippen molar-refractivity contribution in [2.75, 3.05) is 13.2 Å². The maximum atomic E-state index is 5.48. The Hall–Kier alpha value is -1.46. The van der Waals surface area contributed by atoms with E-state index in [1.54, 1.807) is 0 Å². The number of aryl methyl sites for hydroxylation is 1. The van der Waals surface area contributed by atoms with Crippen LogP contribution >= 0.6 is 0 Å². The molecule has 0 bridgehead atoms. The van der Waals surface area contributed by atoms with Crippen LogP contribution in [0.1, 0.15) is 31.7 Å². The zero-order valence-electron chi connectivity index (χ0n) is 10.4. The zero-order chi connectivity index (χ0) is 12.3. The number of nitrogens with one attached hydrogen (secondary N) is 1. The van der Waals surface area contributed by atoms with Crippen molar-refractivity contribution in [1.82, 2.24) is 15.0 Å². The van der Waals surface area contributed by atoms with Gasteiger partial charge in [-0.1, -0.05) is 0 Å². The molecule has 1 N–H and O–H groups in total. The quantitative estimate of drug-likeness (QED) is 0.808. The summed E-state index contributed by atoms with van der Waals surface area (Å²) in [5, 5.41) is 0. The van der Waals surface area contributed by atoms with Crippen LogP contribution in [0.2, 0.25) is 0 Å². The van der Waals surface area contributed by atoms with Gasteiger partial charge in [-0.05, 0) is 32.9 Å². The summed E-state index contributed by atoms with van der Waals surface area (Å²) in [6, 6.07) is 3.91. The number of imidazole rings is 1. The smallest absolute Gasteiger partial charge is 0.217 e. The Labute approximate surface area is 100 Å². The Kier molecular flexibility index (Phi) is 3.71. The number of nitrogens with zero attached hydrogens (tertiary/aromatic N) is 2. The number of aromatic nitrogens is 3. The molecule has 0 spiro atoms. The highest BCUT2D eigenvalue weighted by molar-refractivity contribution is 5.70. The maximum absolute atomic E-state index is 5.48. The van der Waals surface area contributed by atoms with Gasteiger partial charge in [0.2, 0.25) is 6.29 Å². The summed E-state index contributed by atoms with van der Waals surface area (Å²) in [5.41, 5.74) is 2.54. The van der Waals surface area contributed by atoms with Crippen molar-refractivity contribution in [1.29, 1.82) is 0 Å². The van der Waals surface area contributed by atoms with E-state index < -0.39 is 6.29 Å². The second-order valence-corrected chi connectivity index (χ2v) is 3.69. The van der Waals surface area contributed by atoms with E-state index in [9.17, 15) is 0 Å². The van der Waals surface area contributed by atoms with Crippen molar-refractivity contribution in [2.24, 2.45) is 0 Å². The molecular weight excluding hydrogens is 218 g/mol. The average Bonchev–Trinajstić information content (AvgIpc) is 2.71. The van der Waals surface area contributed by atoms with E-state index in [0.29, 0.717) is 24.7 Å². The Balaban J connectivity index is 2.33. The van der Waals surface area contributed by atoms with Gasteiger partial charge in [-0.15, -0.1) is 0 Å². The number of fused-ring (bicyclic) bond motifs is 1. The van der Waals surface area contributed by atoms with Crippen LogP contribution in [0.3, 0.4) is 0 Å². The molecule has 0 aliphatic rings. The van der Waals surface area contributed by atoms with Crippen molar-refractivity contribution in [3.63, 3.8) is 0 Å². The van der Waals surface area contributed by atoms with Crippen LogP contribution in [-0.2, 0) is 9.47 Å². The summed E-state index contributed by atoms with van der Waals surface area (Å²) >= 11 is 0. The van der Waals surface area contributed by atoms with Crippen LogP contribution in [-0.4, -0.2) is 28.2 Å².